The van der Waals surface area contributed by atoms with Gasteiger partial charge >= 0.3 is 0 Å². The summed E-state index contributed by atoms with van der Waals surface area (Å²) in [6, 6.07) is 12.2. The maximum Gasteiger partial charge on any atom is 0.0594 e. The SMILES string of the molecule is CC(c1ccccc1)N1CCCC(N2CCOCC2)C1. The summed E-state index contributed by atoms with van der Waals surface area (Å²) in [5, 5.41) is 0. The molecule has 2 saturated heterocycles. The number of hydrogen-bond donors (Lipinski definition) is 0. The summed E-state index contributed by atoms with van der Waals surface area (Å²) in [5.74, 6) is 0. The summed E-state index contributed by atoms with van der Waals surface area (Å²) < 4.78 is 5.48. The third-order valence-electron chi connectivity index (χ3n) is 4.82. The van der Waals surface area contributed by atoms with Crippen LogP contribution in [-0.4, -0.2) is 55.2 Å². The standard InChI is InChI=1S/C17H26N2O/c1-15(16-6-3-2-4-7-16)19-9-5-8-17(14-19)18-10-12-20-13-11-18/h2-4,6-7,15,17H,5,8-14H2,1H3. The van der Waals surface area contributed by atoms with Gasteiger partial charge in [-0.15, -0.1) is 0 Å². The van der Waals surface area contributed by atoms with Crippen molar-refractivity contribution in [2.24, 2.45) is 0 Å². The van der Waals surface area contributed by atoms with Gasteiger partial charge in [-0.05, 0) is 31.9 Å². The van der Waals surface area contributed by atoms with Crippen LogP contribution in [0.4, 0.5) is 0 Å². The maximum absolute atomic E-state index is 5.48. The monoisotopic (exact) mass is 274 g/mol. The van der Waals surface area contributed by atoms with Gasteiger partial charge in [0.05, 0.1) is 13.2 Å². The molecule has 0 saturated carbocycles. The highest BCUT2D eigenvalue weighted by Crippen LogP contribution is 2.26. The summed E-state index contributed by atoms with van der Waals surface area (Å²) in [6.45, 7) is 8.82. The Morgan fingerprint density at radius 1 is 1.10 bits per heavy atom. The first-order valence-corrected chi connectivity index (χ1v) is 7.95. The van der Waals surface area contributed by atoms with Crippen molar-refractivity contribution in [2.45, 2.75) is 31.8 Å². The molecule has 0 N–H and O–H groups in total. The minimum Gasteiger partial charge on any atom is -0.379 e. The Bertz CT molecular complexity index is 403. The second-order valence-corrected chi connectivity index (χ2v) is 6.03. The van der Waals surface area contributed by atoms with Crippen LogP contribution in [0.15, 0.2) is 30.3 Å². The Balaban J connectivity index is 1.62. The molecule has 1 aromatic carbocycles. The molecule has 2 aliphatic rings. The molecule has 0 spiro atoms. The average Bonchev–Trinajstić information content (AvgIpc) is 2.56. The Labute approximate surface area is 122 Å². The van der Waals surface area contributed by atoms with Crippen LogP contribution in [0.2, 0.25) is 0 Å². The molecule has 2 unspecified atom stereocenters. The number of hydrogen-bond acceptors (Lipinski definition) is 3. The van der Waals surface area contributed by atoms with Crippen LogP contribution in [0.1, 0.15) is 31.4 Å². The van der Waals surface area contributed by atoms with E-state index < -0.39 is 0 Å². The van der Waals surface area contributed by atoms with Gasteiger partial charge in [0.25, 0.3) is 0 Å². The third-order valence-corrected chi connectivity index (χ3v) is 4.82. The number of morpholine rings is 1. The number of benzene rings is 1. The predicted octanol–water partition coefficient (Wildman–Crippen LogP) is 2.54. The van der Waals surface area contributed by atoms with Crippen LogP contribution in [0.3, 0.4) is 0 Å². The number of rotatable bonds is 3. The Kier molecular flexibility index (Phi) is 4.71. The minimum atomic E-state index is 0.528. The fraction of sp³-hybridized carbons (Fsp3) is 0.647. The highest BCUT2D eigenvalue weighted by molar-refractivity contribution is 5.18. The average molecular weight is 274 g/mol. The Morgan fingerprint density at radius 2 is 1.85 bits per heavy atom. The van der Waals surface area contributed by atoms with E-state index in [1.807, 2.05) is 0 Å². The van der Waals surface area contributed by atoms with Crippen molar-refractivity contribution in [3.8, 4) is 0 Å². The maximum atomic E-state index is 5.48. The molecule has 3 rings (SSSR count). The fourth-order valence-electron chi connectivity index (χ4n) is 3.52. The number of nitrogens with zero attached hydrogens (tertiary/aromatic N) is 2. The van der Waals surface area contributed by atoms with Crippen molar-refractivity contribution in [3.05, 3.63) is 35.9 Å². The molecule has 1 aromatic rings. The van der Waals surface area contributed by atoms with Crippen LogP contribution in [0, 0.1) is 0 Å². The lowest BCUT2D eigenvalue weighted by Crippen LogP contribution is -2.51. The zero-order valence-corrected chi connectivity index (χ0v) is 12.5. The molecule has 2 atom stereocenters. The molecule has 0 aliphatic carbocycles. The van der Waals surface area contributed by atoms with Crippen molar-refractivity contribution in [1.82, 2.24) is 9.80 Å². The normalized spacial score (nSPS) is 27.4. The molecule has 2 aliphatic heterocycles. The third kappa shape index (κ3) is 3.22. The zero-order valence-electron chi connectivity index (χ0n) is 12.5. The van der Waals surface area contributed by atoms with E-state index in [1.54, 1.807) is 0 Å². The van der Waals surface area contributed by atoms with Crippen LogP contribution in [-0.2, 0) is 4.74 Å². The highest BCUT2D eigenvalue weighted by Gasteiger charge is 2.28. The van der Waals surface area contributed by atoms with Crippen molar-refractivity contribution in [2.75, 3.05) is 39.4 Å². The van der Waals surface area contributed by atoms with E-state index in [-0.39, 0.29) is 0 Å². The zero-order chi connectivity index (χ0) is 13.8. The number of piperidine rings is 1. The largest absolute Gasteiger partial charge is 0.379 e. The van der Waals surface area contributed by atoms with E-state index in [1.165, 1.54) is 31.5 Å². The van der Waals surface area contributed by atoms with Crippen LogP contribution < -0.4 is 0 Å². The molecule has 20 heavy (non-hydrogen) atoms. The smallest absolute Gasteiger partial charge is 0.0594 e. The summed E-state index contributed by atoms with van der Waals surface area (Å²) in [5.41, 5.74) is 1.44. The second-order valence-electron chi connectivity index (χ2n) is 6.03. The summed E-state index contributed by atoms with van der Waals surface area (Å²) in [7, 11) is 0. The van der Waals surface area contributed by atoms with Gasteiger partial charge in [-0.2, -0.15) is 0 Å². The lowest BCUT2D eigenvalue weighted by atomic mass is 9.99. The van der Waals surface area contributed by atoms with Gasteiger partial charge in [0.15, 0.2) is 0 Å². The number of ether oxygens (including phenoxy) is 1. The molecule has 0 radical (unpaired) electrons. The second kappa shape index (κ2) is 6.70. The first kappa shape index (κ1) is 14.1. The van der Waals surface area contributed by atoms with Gasteiger partial charge in [0.1, 0.15) is 0 Å². The minimum absolute atomic E-state index is 0.528. The van der Waals surface area contributed by atoms with Crippen LogP contribution in [0.25, 0.3) is 0 Å². The summed E-state index contributed by atoms with van der Waals surface area (Å²) in [4.78, 5) is 5.28. The quantitative estimate of drug-likeness (QED) is 0.842. The predicted molar refractivity (Wildman–Crippen MR) is 81.8 cm³/mol. The fourth-order valence-corrected chi connectivity index (χ4v) is 3.52. The van der Waals surface area contributed by atoms with Gasteiger partial charge < -0.3 is 4.74 Å². The van der Waals surface area contributed by atoms with Gasteiger partial charge in [-0.25, -0.2) is 0 Å². The highest BCUT2D eigenvalue weighted by atomic mass is 16.5. The molecule has 0 bridgehead atoms. The molecule has 110 valence electrons. The molecule has 0 aromatic heterocycles. The molecular weight excluding hydrogens is 248 g/mol. The molecule has 3 heteroatoms. The van der Waals surface area contributed by atoms with E-state index in [9.17, 15) is 0 Å². The molecular formula is C17H26N2O. The topological polar surface area (TPSA) is 15.7 Å². The lowest BCUT2D eigenvalue weighted by Gasteiger charge is -2.43. The Morgan fingerprint density at radius 3 is 2.60 bits per heavy atom. The van der Waals surface area contributed by atoms with Gasteiger partial charge in [-0.3, -0.25) is 9.80 Å². The van der Waals surface area contributed by atoms with Crippen molar-refractivity contribution in [3.63, 3.8) is 0 Å². The van der Waals surface area contributed by atoms with E-state index >= 15 is 0 Å². The molecule has 2 heterocycles. The first-order valence-electron chi connectivity index (χ1n) is 7.95. The molecule has 0 amide bonds. The number of likely N-dealkylation sites (tertiary alicyclic amines) is 1. The van der Waals surface area contributed by atoms with Crippen LogP contribution in [0.5, 0.6) is 0 Å². The van der Waals surface area contributed by atoms with Gasteiger partial charge in [0.2, 0.25) is 0 Å². The van der Waals surface area contributed by atoms with Gasteiger partial charge in [0, 0.05) is 31.7 Å². The molecule has 3 nitrogen and oxygen atoms in total. The van der Waals surface area contributed by atoms with E-state index in [0.29, 0.717) is 6.04 Å². The van der Waals surface area contributed by atoms with E-state index in [2.05, 4.69) is 47.1 Å². The van der Waals surface area contributed by atoms with Crippen molar-refractivity contribution in [1.29, 1.82) is 0 Å². The van der Waals surface area contributed by atoms with Crippen molar-refractivity contribution >= 4 is 0 Å². The lowest BCUT2D eigenvalue weighted by molar-refractivity contribution is -0.00768. The first-order chi connectivity index (χ1) is 9.84. The Hall–Kier alpha value is -0.900. The van der Waals surface area contributed by atoms with Gasteiger partial charge in [-0.1, -0.05) is 30.3 Å². The van der Waals surface area contributed by atoms with Crippen molar-refractivity contribution < 1.29 is 4.74 Å². The van der Waals surface area contributed by atoms with E-state index in [0.717, 1.165) is 32.3 Å². The molecule has 2 fully saturated rings. The van der Waals surface area contributed by atoms with Crippen LogP contribution >= 0.6 is 0 Å². The summed E-state index contributed by atoms with van der Waals surface area (Å²) in [6.07, 6.45) is 2.66. The van der Waals surface area contributed by atoms with E-state index in [4.69, 9.17) is 4.74 Å². The summed E-state index contributed by atoms with van der Waals surface area (Å²) >= 11 is 0.